The van der Waals surface area contributed by atoms with Crippen molar-refractivity contribution < 1.29 is 4.52 Å². The lowest BCUT2D eigenvalue weighted by atomic mass is 9.80. The Morgan fingerprint density at radius 3 is 2.40 bits per heavy atom. The van der Waals surface area contributed by atoms with Crippen LogP contribution >= 0.6 is 0 Å². The average molecular weight is 273 g/mol. The van der Waals surface area contributed by atoms with Crippen molar-refractivity contribution in [2.75, 3.05) is 0 Å². The van der Waals surface area contributed by atoms with E-state index in [1.807, 2.05) is 24.3 Å². The van der Waals surface area contributed by atoms with E-state index >= 15 is 0 Å². The van der Waals surface area contributed by atoms with Crippen molar-refractivity contribution in [2.24, 2.45) is 17.1 Å². The van der Waals surface area contributed by atoms with Gasteiger partial charge in [-0.3, -0.25) is 0 Å². The Kier molecular flexibility index (Phi) is 4.23. The number of nitrogens with zero attached hydrogens (tertiary/aromatic N) is 2. The molecule has 1 atom stereocenters. The molecule has 0 aliphatic heterocycles. The summed E-state index contributed by atoms with van der Waals surface area (Å²) in [6, 6.07) is 7.93. The van der Waals surface area contributed by atoms with Crippen molar-refractivity contribution in [1.29, 1.82) is 0 Å². The van der Waals surface area contributed by atoms with Gasteiger partial charge in [0.25, 0.3) is 0 Å². The van der Waals surface area contributed by atoms with E-state index in [0.717, 1.165) is 17.5 Å². The summed E-state index contributed by atoms with van der Waals surface area (Å²) < 4.78 is 5.36. The molecule has 4 heteroatoms. The van der Waals surface area contributed by atoms with E-state index < -0.39 is 0 Å². The molecule has 1 heterocycles. The Morgan fingerprint density at radius 2 is 1.85 bits per heavy atom. The van der Waals surface area contributed by atoms with Crippen LogP contribution in [0.2, 0.25) is 0 Å². The fraction of sp³-hybridized carbons (Fsp3) is 0.500. The molecule has 1 aromatic heterocycles. The van der Waals surface area contributed by atoms with Gasteiger partial charge in [-0.2, -0.15) is 4.98 Å². The Hall–Kier alpha value is -1.68. The van der Waals surface area contributed by atoms with Crippen LogP contribution in [-0.2, 0) is 13.0 Å². The maximum atomic E-state index is 5.59. The van der Waals surface area contributed by atoms with Crippen LogP contribution in [0.1, 0.15) is 39.1 Å². The van der Waals surface area contributed by atoms with E-state index in [1.165, 1.54) is 0 Å². The van der Waals surface area contributed by atoms with Gasteiger partial charge in [0.05, 0.1) is 0 Å². The largest absolute Gasteiger partial charge is 0.339 e. The van der Waals surface area contributed by atoms with Crippen LogP contribution in [0.5, 0.6) is 0 Å². The van der Waals surface area contributed by atoms with Gasteiger partial charge in [-0.1, -0.05) is 57.1 Å². The topological polar surface area (TPSA) is 64.9 Å². The molecule has 2 N–H and O–H groups in total. The molecular weight excluding hydrogens is 250 g/mol. The summed E-state index contributed by atoms with van der Waals surface area (Å²) in [4.78, 5) is 4.48. The Labute approximate surface area is 120 Å². The summed E-state index contributed by atoms with van der Waals surface area (Å²) in [5, 5.41) is 4.06. The number of aromatic nitrogens is 2. The highest BCUT2D eigenvalue weighted by Crippen LogP contribution is 2.28. The smallest absolute Gasteiger partial charge is 0.227 e. The van der Waals surface area contributed by atoms with Crippen LogP contribution < -0.4 is 5.73 Å². The first-order valence-corrected chi connectivity index (χ1v) is 7.02. The summed E-state index contributed by atoms with van der Waals surface area (Å²) in [7, 11) is 0. The second-order valence-corrected chi connectivity index (χ2v) is 6.38. The van der Waals surface area contributed by atoms with Crippen LogP contribution in [0.25, 0.3) is 11.4 Å². The summed E-state index contributed by atoms with van der Waals surface area (Å²) >= 11 is 0. The lowest BCUT2D eigenvalue weighted by molar-refractivity contribution is 0.236. The van der Waals surface area contributed by atoms with E-state index in [1.54, 1.807) is 0 Å². The highest BCUT2D eigenvalue weighted by atomic mass is 16.5. The first kappa shape index (κ1) is 14.7. The Bertz CT molecular complexity index is 552. The van der Waals surface area contributed by atoms with E-state index in [4.69, 9.17) is 10.3 Å². The molecule has 2 rings (SSSR count). The van der Waals surface area contributed by atoms with Crippen molar-refractivity contribution in [3.8, 4) is 11.4 Å². The van der Waals surface area contributed by atoms with Gasteiger partial charge in [0.2, 0.25) is 11.7 Å². The van der Waals surface area contributed by atoms with Crippen LogP contribution in [0.3, 0.4) is 0 Å². The van der Waals surface area contributed by atoms with Gasteiger partial charge in [0, 0.05) is 18.5 Å². The van der Waals surface area contributed by atoms with E-state index in [2.05, 4.69) is 37.8 Å². The van der Waals surface area contributed by atoms with Crippen LogP contribution in [0.15, 0.2) is 28.8 Å². The Balaban J connectivity index is 2.12. The molecule has 0 radical (unpaired) electrons. The maximum absolute atomic E-state index is 5.59. The molecule has 2 aromatic rings. The zero-order valence-electron chi connectivity index (χ0n) is 12.7. The first-order chi connectivity index (χ1) is 9.40. The average Bonchev–Trinajstić information content (AvgIpc) is 2.86. The number of benzene rings is 1. The third-order valence-corrected chi connectivity index (χ3v) is 3.88. The van der Waals surface area contributed by atoms with Crippen molar-refractivity contribution in [3.63, 3.8) is 0 Å². The van der Waals surface area contributed by atoms with Crippen molar-refractivity contribution in [1.82, 2.24) is 10.1 Å². The zero-order chi connectivity index (χ0) is 14.8. The zero-order valence-corrected chi connectivity index (χ0v) is 12.7. The van der Waals surface area contributed by atoms with Crippen molar-refractivity contribution >= 4 is 0 Å². The molecule has 0 spiro atoms. The molecule has 4 nitrogen and oxygen atoms in total. The van der Waals surface area contributed by atoms with E-state index in [9.17, 15) is 0 Å². The quantitative estimate of drug-likeness (QED) is 0.927. The van der Waals surface area contributed by atoms with Gasteiger partial charge in [-0.15, -0.1) is 0 Å². The monoisotopic (exact) mass is 273 g/mol. The number of hydrogen-bond donors (Lipinski definition) is 1. The third-order valence-electron chi connectivity index (χ3n) is 3.88. The lowest BCUT2D eigenvalue weighted by Gasteiger charge is -2.25. The molecule has 0 bridgehead atoms. The second-order valence-electron chi connectivity index (χ2n) is 6.38. The summed E-state index contributed by atoms with van der Waals surface area (Å²) in [6.07, 6.45) is 0.803. The molecule has 0 saturated heterocycles. The lowest BCUT2D eigenvalue weighted by Crippen LogP contribution is -2.19. The summed E-state index contributed by atoms with van der Waals surface area (Å²) in [6.45, 7) is 9.42. The molecule has 0 saturated carbocycles. The fourth-order valence-corrected chi connectivity index (χ4v) is 1.81. The minimum Gasteiger partial charge on any atom is -0.339 e. The van der Waals surface area contributed by atoms with Crippen LogP contribution in [0, 0.1) is 11.3 Å². The van der Waals surface area contributed by atoms with Crippen LogP contribution in [0.4, 0.5) is 0 Å². The molecule has 0 aliphatic carbocycles. The summed E-state index contributed by atoms with van der Waals surface area (Å²) in [5.41, 5.74) is 7.88. The maximum Gasteiger partial charge on any atom is 0.227 e. The molecular formula is C16H23N3O. The second kappa shape index (κ2) is 5.75. The van der Waals surface area contributed by atoms with Crippen molar-refractivity contribution in [3.05, 3.63) is 35.7 Å². The molecule has 1 unspecified atom stereocenters. The minimum atomic E-state index is 0.234. The minimum absolute atomic E-state index is 0.234. The molecule has 108 valence electrons. The molecule has 0 amide bonds. The molecule has 1 aromatic carbocycles. The fourth-order valence-electron chi connectivity index (χ4n) is 1.81. The number of nitrogens with two attached hydrogens (primary N) is 1. The van der Waals surface area contributed by atoms with Gasteiger partial charge >= 0.3 is 0 Å². The predicted molar refractivity (Wildman–Crippen MR) is 79.9 cm³/mol. The molecule has 20 heavy (non-hydrogen) atoms. The van der Waals surface area contributed by atoms with Gasteiger partial charge in [-0.25, -0.2) is 0 Å². The summed E-state index contributed by atoms with van der Waals surface area (Å²) in [5.74, 6) is 1.82. The van der Waals surface area contributed by atoms with E-state index in [0.29, 0.717) is 24.2 Å². The third kappa shape index (κ3) is 3.45. The van der Waals surface area contributed by atoms with Crippen molar-refractivity contribution in [2.45, 2.75) is 40.7 Å². The van der Waals surface area contributed by atoms with E-state index in [-0.39, 0.29) is 5.41 Å². The Morgan fingerprint density at radius 1 is 1.20 bits per heavy atom. The van der Waals surface area contributed by atoms with Gasteiger partial charge in [-0.05, 0) is 16.9 Å². The highest BCUT2D eigenvalue weighted by Gasteiger charge is 2.22. The van der Waals surface area contributed by atoms with Gasteiger partial charge in [0.1, 0.15) is 0 Å². The predicted octanol–water partition coefficient (Wildman–Crippen LogP) is 3.42. The molecule has 0 fully saturated rings. The SMILES string of the molecule is CC(Cc1nc(-c2ccc(CN)cc2)no1)C(C)(C)C. The van der Waals surface area contributed by atoms with Gasteiger partial charge < -0.3 is 10.3 Å². The van der Waals surface area contributed by atoms with Crippen LogP contribution in [-0.4, -0.2) is 10.1 Å². The normalized spacial score (nSPS) is 13.4. The first-order valence-electron chi connectivity index (χ1n) is 7.02. The number of hydrogen-bond acceptors (Lipinski definition) is 4. The number of rotatable bonds is 4. The van der Waals surface area contributed by atoms with Gasteiger partial charge in [0.15, 0.2) is 0 Å². The molecule has 0 aliphatic rings. The standard InChI is InChI=1S/C16H23N3O/c1-11(16(2,3)4)9-14-18-15(19-20-14)13-7-5-12(10-17)6-8-13/h5-8,11H,9-10,17H2,1-4H3. The highest BCUT2D eigenvalue weighted by molar-refractivity contribution is 5.54.